The summed E-state index contributed by atoms with van der Waals surface area (Å²) in [6.07, 6.45) is 3.30. The van der Waals surface area contributed by atoms with E-state index in [1.807, 2.05) is 31.2 Å². The molecule has 1 aliphatic heterocycles. The summed E-state index contributed by atoms with van der Waals surface area (Å²) < 4.78 is 26.7. The zero-order valence-electron chi connectivity index (χ0n) is 14.6. The summed E-state index contributed by atoms with van der Waals surface area (Å²) in [4.78, 5) is 12.4. The van der Waals surface area contributed by atoms with Crippen LogP contribution < -0.4 is 5.43 Å². The molecule has 0 saturated carbocycles. The van der Waals surface area contributed by atoms with Gasteiger partial charge in [-0.15, -0.1) is 0 Å². The smallest absolute Gasteiger partial charge is 0.267 e. The maximum Gasteiger partial charge on any atom is 0.271 e. The molecule has 0 radical (unpaired) electrons. The van der Waals surface area contributed by atoms with Gasteiger partial charge in [0.25, 0.3) is 5.91 Å². The molecular formula is C19H21N3O3S. The first-order valence-electron chi connectivity index (χ1n) is 8.48. The van der Waals surface area contributed by atoms with E-state index in [1.165, 1.54) is 16.4 Å². The van der Waals surface area contributed by atoms with Gasteiger partial charge in [0.15, 0.2) is 0 Å². The lowest BCUT2D eigenvalue weighted by atomic mass is 10.1. The van der Waals surface area contributed by atoms with Crippen LogP contribution in [0.4, 0.5) is 0 Å². The molecule has 0 aliphatic carbocycles. The van der Waals surface area contributed by atoms with Crippen LogP contribution in [0.5, 0.6) is 0 Å². The average molecular weight is 371 g/mol. The van der Waals surface area contributed by atoms with Gasteiger partial charge < -0.3 is 0 Å². The average Bonchev–Trinajstić information content (AvgIpc) is 3.19. The topological polar surface area (TPSA) is 78.8 Å². The molecule has 0 atom stereocenters. The van der Waals surface area contributed by atoms with Gasteiger partial charge in [0.1, 0.15) is 0 Å². The highest BCUT2D eigenvalue weighted by Crippen LogP contribution is 2.21. The lowest BCUT2D eigenvalue weighted by molar-refractivity contribution is 0.0955. The summed E-state index contributed by atoms with van der Waals surface area (Å²) in [5.74, 6) is -0.451. The van der Waals surface area contributed by atoms with E-state index >= 15 is 0 Å². The van der Waals surface area contributed by atoms with Gasteiger partial charge in [0.2, 0.25) is 10.0 Å². The SMILES string of the molecule is Cc1ccccc1/C=N/NC(=O)c1cccc(S(=O)(=O)N2CCCC2)c1. The number of hydrogen-bond acceptors (Lipinski definition) is 4. The van der Waals surface area contributed by atoms with Gasteiger partial charge in [-0.2, -0.15) is 9.41 Å². The van der Waals surface area contributed by atoms with E-state index in [9.17, 15) is 13.2 Å². The zero-order valence-corrected chi connectivity index (χ0v) is 15.4. The first kappa shape index (κ1) is 18.3. The summed E-state index contributed by atoms with van der Waals surface area (Å²) in [5.41, 5.74) is 4.65. The Kier molecular flexibility index (Phi) is 5.49. The summed E-state index contributed by atoms with van der Waals surface area (Å²) >= 11 is 0. The number of sulfonamides is 1. The van der Waals surface area contributed by atoms with Gasteiger partial charge in [-0.3, -0.25) is 4.79 Å². The maximum absolute atomic E-state index is 12.6. The molecule has 26 heavy (non-hydrogen) atoms. The van der Waals surface area contributed by atoms with Crippen molar-refractivity contribution in [3.05, 3.63) is 65.2 Å². The Labute approximate surface area is 153 Å². The second-order valence-electron chi connectivity index (χ2n) is 6.19. The van der Waals surface area contributed by atoms with Crippen LogP contribution in [-0.4, -0.2) is 37.9 Å². The highest BCUT2D eigenvalue weighted by molar-refractivity contribution is 7.89. The monoisotopic (exact) mass is 371 g/mol. The minimum absolute atomic E-state index is 0.134. The van der Waals surface area contributed by atoms with Crippen molar-refractivity contribution < 1.29 is 13.2 Å². The Hall–Kier alpha value is -2.51. The van der Waals surface area contributed by atoms with E-state index in [0.29, 0.717) is 13.1 Å². The second kappa shape index (κ2) is 7.80. The lowest BCUT2D eigenvalue weighted by Gasteiger charge is -2.15. The molecule has 1 saturated heterocycles. The lowest BCUT2D eigenvalue weighted by Crippen LogP contribution is -2.28. The number of nitrogens with one attached hydrogen (secondary N) is 1. The van der Waals surface area contributed by atoms with Gasteiger partial charge in [-0.25, -0.2) is 13.8 Å². The van der Waals surface area contributed by atoms with Crippen molar-refractivity contribution in [2.75, 3.05) is 13.1 Å². The third-order valence-corrected chi connectivity index (χ3v) is 6.25. The van der Waals surface area contributed by atoms with E-state index in [1.54, 1.807) is 18.3 Å². The largest absolute Gasteiger partial charge is 0.271 e. The van der Waals surface area contributed by atoms with E-state index in [-0.39, 0.29) is 10.5 Å². The van der Waals surface area contributed by atoms with Crippen LogP contribution in [0.2, 0.25) is 0 Å². The number of benzene rings is 2. The summed E-state index contributed by atoms with van der Waals surface area (Å²) in [6, 6.07) is 13.7. The fourth-order valence-electron chi connectivity index (χ4n) is 2.83. The fourth-order valence-corrected chi connectivity index (χ4v) is 4.40. The van der Waals surface area contributed by atoms with Crippen LogP contribution in [0.3, 0.4) is 0 Å². The number of nitrogens with zero attached hydrogens (tertiary/aromatic N) is 2. The van der Waals surface area contributed by atoms with Crippen LogP contribution in [-0.2, 0) is 10.0 Å². The standard InChI is InChI=1S/C19H21N3O3S/c1-15-7-2-3-8-17(15)14-20-21-19(23)16-9-6-10-18(13-16)26(24,25)22-11-4-5-12-22/h2-3,6-10,13-14H,4-5,11-12H2,1H3,(H,21,23)/b20-14+. The van der Waals surface area contributed by atoms with Crippen LogP contribution in [0.15, 0.2) is 58.5 Å². The normalized spacial score (nSPS) is 15.4. The number of aryl methyl sites for hydroxylation is 1. The number of rotatable bonds is 5. The zero-order chi connectivity index (χ0) is 18.6. The van der Waals surface area contributed by atoms with Gasteiger partial charge in [0, 0.05) is 18.7 Å². The Morgan fingerprint density at radius 1 is 1.12 bits per heavy atom. The van der Waals surface area contributed by atoms with Gasteiger partial charge in [-0.1, -0.05) is 30.3 Å². The highest BCUT2D eigenvalue weighted by Gasteiger charge is 2.27. The highest BCUT2D eigenvalue weighted by atomic mass is 32.2. The minimum Gasteiger partial charge on any atom is -0.267 e. The van der Waals surface area contributed by atoms with Crippen molar-refractivity contribution >= 4 is 22.1 Å². The first-order chi connectivity index (χ1) is 12.5. The van der Waals surface area contributed by atoms with Gasteiger partial charge in [-0.05, 0) is 49.1 Å². The predicted octanol–water partition coefficient (Wildman–Crippen LogP) is 2.54. The molecule has 7 heteroatoms. The molecule has 2 aromatic rings. The predicted molar refractivity (Wildman–Crippen MR) is 101 cm³/mol. The van der Waals surface area contributed by atoms with Crippen LogP contribution in [0, 0.1) is 6.92 Å². The van der Waals surface area contributed by atoms with Crippen LogP contribution in [0.1, 0.15) is 34.3 Å². The molecule has 1 aliphatic rings. The van der Waals surface area contributed by atoms with E-state index in [0.717, 1.165) is 24.0 Å². The van der Waals surface area contributed by atoms with E-state index < -0.39 is 15.9 Å². The fraction of sp³-hybridized carbons (Fsp3) is 0.263. The molecule has 0 unspecified atom stereocenters. The molecule has 1 N–H and O–H groups in total. The molecule has 0 spiro atoms. The molecule has 6 nitrogen and oxygen atoms in total. The molecule has 0 aromatic heterocycles. The number of carbonyl (C=O) groups excluding carboxylic acids is 1. The third-order valence-electron chi connectivity index (χ3n) is 4.36. The second-order valence-corrected chi connectivity index (χ2v) is 8.13. The van der Waals surface area contributed by atoms with Crippen molar-refractivity contribution in [2.45, 2.75) is 24.7 Å². The van der Waals surface area contributed by atoms with Crippen LogP contribution >= 0.6 is 0 Å². The Morgan fingerprint density at radius 2 is 1.85 bits per heavy atom. The molecule has 0 bridgehead atoms. The maximum atomic E-state index is 12.6. The van der Waals surface area contributed by atoms with Crippen molar-refractivity contribution in [3.8, 4) is 0 Å². The number of amides is 1. The number of carbonyl (C=O) groups is 1. The number of hydrogen-bond donors (Lipinski definition) is 1. The molecule has 1 amide bonds. The van der Waals surface area contributed by atoms with Crippen molar-refractivity contribution in [2.24, 2.45) is 5.10 Å². The van der Waals surface area contributed by atoms with Gasteiger partial charge in [0.05, 0.1) is 11.1 Å². The molecule has 3 rings (SSSR count). The molecule has 2 aromatic carbocycles. The summed E-state index contributed by atoms with van der Waals surface area (Å²) in [6.45, 7) is 3.01. The Bertz CT molecular complexity index is 933. The van der Waals surface area contributed by atoms with Crippen molar-refractivity contribution in [1.29, 1.82) is 0 Å². The molecule has 136 valence electrons. The molecular weight excluding hydrogens is 350 g/mol. The van der Waals surface area contributed by atoms with Crippen molar-refractivity contribution in [3.63, 3.8) is 0 Å². The van der Waals surface area contributed by atoms with E-state index in [4.69, 9.17) is 0 Å². The molecule has 1 fully saturated rings. The van der Waals surface area contributed by atoms with Crippen LogP contribution in [0.25, 0.3) is 0 Å². The number of hydrazone groups is 1. The summed E-state index contributed by atoms with van der Waals surface area (Å²) in [5, 5.41) is 3.96. The first-order valence-corrected chi connectivity index (χ1v) is 9.92. The Balaban J connectivity index is 1.73. The minimum atomic E-state index is -3.55. The molecule has 1 heterocycles. The van der Waals surface area contributed by atoms with Gasteiger partial charge >= 0.3 is 0 Å². The van der Waals surface area contributed by atoms with E-state index in [2.05, 4.69) is 10.5 Å². The van der Waals surface area contributed by atoms with Crippen molar-refractivity contribution in [1.82, 2.24) is 9.73 Å². The quantitative estimate of drug-likeness (QED) is 0.648. The summed E-state index contributed by atoms with van der Waals surface area (Å²) in [7, 11) is -3.55. The Morgan fingerprint density at radius 3 is 2.58 bits per heavy atom. The third kappa shape index (κ3) is 4.00.